The van der Waals surface area contributed by atoms with Crippen LogP contribution in [0, 0.1) is 0 Å². The molecule has 0 spiro atoms. The van der Waals surface area contributed by atoms with Crippen LogP contribution in [0.2, 0.25) is 4.47 Å². The van der Waals surface area contributed by atoms with E-state index in [-0.39, 0.29) is 17.0 Å². The predicted molar refractivity (Wildman–Crippen MR) is 95.0 cm³/mol. The lowest BCUT2D eigenvalue weighted by atomic mass is 10.1. The summed E-state index contributed by atoms with van der Waals surface area (Å²) >= 11 is 7.21. The second-order valence-corrected chi connectivity index (χ2v) is 7.14. The van der Waals surface area contributed by atoms with Gasteiger partial charge in [0, 0.05) is 12.3 Å². The Morgan fingerprint density at radius 1 is 1.16 bits per heavy atom. The number of pyridine rings is 1. The third-order valence-corrected chi connectivity index (χ3v) is 5.01. The zero-order valence-electron chi connectivity index (χ0n) is 12.9. The summed E-state index contributed by atoms with van der Waals surface area (Å²) in [4.78, 5) is 17.7. The molecule has 0 aliphatic rings. The van der Waals surface area contributed by atoms with Crippen LogP contribution < -0.4 is 15.2 Å². The smallest absolute Gasteiger partial charge is 0.349 e. The Morgan fingerprint density at radius 2 is 1.92 bits per heavy atom. The van der Waals surface area contributed by atoms with Crippen molar-refractivity contribution in [1.82, 2.24) is 9.38 Å². The molecule has 0 saturated heterocycles. The van der Waals surface area contributed by atoms with Crippen LogP contribution >= 0.6 is 22.9 Å². The second kappa shape index (κ2) is 6.31. The fourth-order valence-electron chi connectivity index (χ4n) is 2.79. The van der Waals surface area contributed by atoms with Crippen LogP contribution in [0.15, 0.2) is 65.7 Å². The van der Waals surface area contributed by atoms with Crippen LogP contribution in [0.4, 0.5) is 0 Å². The molecule has 0 N–H and O–H groups in total. The van der Waals surface area contributed by atoms with Gasteiger partial charge < -0.3 is 5.11 Å². The molecule has 0 bridgehead atoms. The molecule has 4 aromatic rings. The molecule has 124 valence electrons. The quantitative estimate of drug-likeness (QED) is 0.521. The molecule has 0 atom stereocenters. The van der Waals surface area contributed by atoms with E-state index in [0.29, 0.717) is 22.2 Å². The SMILES string of the molecule is O=c1c(-c2ccccc2)c([O-])[n+](Cc2cnc(Cl)s2)c2ccccn12. The molecule has 0 aliphatic heterocycles. The Labute approximate surface area is 152 Å². The molecule has 0 saturated carbocycles. The topological polar surface area (TPSA) is 61.3 Å². The highest BCUT2D eigenvalue weighted by atomic mass is 35.5. The summed E-state index contributed by atoms with van der Waals surface area (Å²) in [6.45, 7) is 0.302. The molecule has 5 nitrogen and oxygen atoms in total. The van der Waals surface area contributed by atoms with Crippen LogP contribution in [0.5, 0.6) is 5.88 Å². The van der Waals surface area contributed by atoms with E-state index in [2.05, 4.69) is 4.98 Å². The highest BCUT2D eigenvalue weighted by Crippen LogP contribution is 2.23. The number of thiazole rings is 1. The van der Waals surface area contributed by atoms with Gasteiger partial charge in [-0.2, -0.15) is 4.40 Å². The number of benzene rings is 1. The molecule has 7 heteroatoms. The van der Waals surface area contributed by atoms with Gasteiger partial charge in [0.1, 0.15) is 12.1 Å². The van der Waals surface area contributed by atoms with Crippen molar-refractivity contribution in [2.24, 2.45) is 0 Å². The normalized spacial score (nSPS) is 11.1. The van der Waals surface area contributed by atoms with Crippen LogP contribution in [-0.4, -0.2) is 9.38 Å². The third kappa shape index (κ3) is 2.79. The predicted octanol–water partition coefficient (Wildman–Crippen LogP) is 2.49. The number of aromatic nitrogens is 3. The molecule has 0 fully saturated rings. The molecule has 0 unspecified atom stereocenters. The number of halogens is 1. The molecular formula is C18H12ClN3O2S. The minimum Gasteiger partial charge on any atom is -0.842 e. The van der Waals surface area contributed by atoms with E-state index in [1.54, 1.807) is 59.4 Å². The molecule has 0 aliphatic carbocycles. The maximum absolute atomic E-state index is 13.1. The fourth-order valence-corrected chi connectivity index (χ4v) is 3.76. The summed E-state index contributed by atoms with van der Waals surface area (Å²) in [5, 5.41) is 13.1. The number of fused-ring (bicyclic) bond motifs is 1. The van der Waals surface area contributed by atoms with Gasteiger partial charge in [-0.25, -0.2) is 14.3 Å². The fraction of sp³-hybridized carbons (Fsp3) is 0.0556. The molecule has 1 aromatic carbocycles. The van der Waals surface area contributed by atoms with Crippen molar-refractivity contribution in [2.75, 3.05) is 0 Å². The first kappa shape index (κ1) is 15.8. The first-order valence-electron chi connectivity index (χ1n) is 7.55. The first-order chi connectivity index (χ1) is 12.1. The third-order valence-electron chi connectivity index (χ3n) is 3.91. The van der Waals surface area contributed by atoms with Gasteiger partial charge in [0.25, 0.3) is 5.65 Å². The van der Waals surface area contributed by atoms with E-state index in [1.807, 2.05) is 6.07 Å². The number of nitrogens with zero attached hydrogens (tertiary/aromatic N) is 3. The van der Waals surface area contributed by atoms with Gasteiger partial charge in [-0.3, -0.25) is 0 Å². The molecule has 25 heavy (non-hydrogen) atoms. The van der Waals surface area contributed by atoms with Crippen molar-refractivity contribution in [3.05, 3.63) is 80.6 Å². The van der Waals surface area contributed by atoms with Gasteiger partial charge in [-0.15, -0.1) is 11.3 Å². The molecular weight excluding hydrogens is 358 g/mol. The average Bonchev–Trinajstić information content (AvgIpc) is 3.05. The Morgan fingerprint density at radius 3 is 2.64 bits per heavy atom. The number of rotatable bonds is 3. The van der Waals surface area contributed by atoms with Crippen LogP contribution in [-0.2, 0) is 6.54 Å². The average molecular weight is 370 g/mol. The molecule has 3 heterocycles. The summed E-state index contributed by atoms with van der Waals surface area (Å²) in [5.74, 6) is -0.327. The van der Waals surface area contributed by atoms with E-state index >= 15 is 0 Å². The molecule has 0 radical (unpaired) electrons. The lowest BCUT2D eigenvalue weighted by molar-refractivity contribution is -0.707. The monoisotopic (exact) mass is 369 g/mol. The lowest BCUT2D eigenvalue weighted by Crippen LogP contribution is -2.44. The maximum Gasteiger partial charge on any atom is 0.349 e. The van der Waals surface area contributed by atoms with Crippen molar-refractivity contribution >= 4 is 28.6 Å². The van der Waals surface area contributed by atoms with Gasteiger partial charge in [0.2, 0.25) is 0 Å². The van der Waals surface area contributed by atoms with Crippen molar-refractivity contribution in [1.29, 1.82) is 0 Å². The minimum absolute atomic E-state index is 0.153. The van der Waals surface area contributed by atoms with Gasteiger partial charge >= 0.3 is 5.56 Å². The zero-order chi connectivity index (χ0) is 17.4. The van der Waals surface area contributed by atoms with E-state index in [4.69, 9.17) is 11.6 Å². The summed E-state index contributed by atoms with van der Waals surface area (Å²) in [5.41, 5.74) is 0.957. The second-order valence-electron chi connectivity index (χ2n) is 5.45. The van der Waals surface area contributed by atoms with E-state index in [1.165, 1.54) is 15.7 Å². The standard InChI is InChI=1S/C18H12ClN3O2S/c19-18-20-10-13(25-18)11-22-14-8-4-5-9-21(14)16(23)15(17(22)24)12-6-2-1-3-7-12/h1-10H,11H2. The van der Waals surface area contributed by atoms with Crippen molar-refractivity contribution in [3.8, 4) is 17.0 Å². The number of hydrogen-bond donors (Lipinski definition) is 0. The van der Waals surface area contributed by atoms with Crippen LogP contribution in [0.3, 0.4) is 0 Å². The van der Waals surface area contributed by atoms with Crippen LogP contribution in [0.1, 0.15) is 4.88 Å². The molecule has 3 aromatic heterocycles. The van der Waals surface area contributed by atoms with Gasteiger partial charge in [0.15, 0.2) is 4.47 Å². The molecule has 4 rings (SSSR count). The van der Waals surface area contributed by atoms with Crippen molar-refractivity contribution < 1.29 is 9.67 Å². The van der Waals surface area contributed by atoms with Crippen LogP contribution in [0.25, 0.3) is 16.8 Å². The summed E-state index contributed by atoms with van der Waals surface area (Å²) < 4.78 is 3.49. The molecule has 0 amide bonds. The van der Waals surface area contributed by atoms with E-state index < -0.39 is 0 Å². The highest BCUT2D eigenvalue weighted by Gasteiger charge is 2.20. The first-order valence-corrected chi connectivity index (χ1v) is 8.74. The largest absolute Gasteiger partial charge is 0.842 e. The Hall–Kier alpha value is -2.70. The van der Waals surface area contributed by atoms with E-state index in [9.17, 15) is 9.90 Å². The summed E-state index contributed by atoms with van der Waals surface area (Å²) in [6, 6.07) is 14.3. The highest BCUT2D eigenvalue weighted by molar-refractivity contribution is 7.15. The van der Waals surface area contributed by atoms with Crippen molar-refractivity contribution in [3.63, 3.8) is 0 Å². The Bertz CT molecular complexity index is 1120. The Kier molecular flexibility index (Phi) is 3.99. The van der Waals surface area contributed by atoms with Crippen molar-refractivity contribution in [2.45, 2.75) is 6.54 Å². The van der Waals surface area contributed by atoms with Gasteiger partial charge in [-0.05, 0) is 11.6 Å². The lowest BCUT2D eigenvalue weighted by Gasteiger charge is -2.16. The van der Waals surface area contributed by atoms with Gasteiger partial charge in [-0.1, -0.05) is 48.0 Å². The summed E-state index contributed by atoms with van der Waals surface area (Å²) in [6.07, 6.45) is 3.31. The Balaban J connectivity index is 2.02. The zero-order valence-corrected chi connectivity index (χ0v) is 14.5. The van der Waals surface area contributed by atoms with Gasteiger partial charge in [0.05, 0.1) is 17.0 Å². The number of hydrogen-bond acceptors (Lipinski definition) is 4. The minimum atomic E-state index is -0.328. The van der Waals surface area contributed by atoms with E-state index in [0.717, 1.165) is 4.88 Å². The maximum atomic E-state index is 13.1. The summed E-state index contributed by atoms with van der Waals surface area (Å²) in [7, 11) is 0.